The van der Waals surface area contributed by atoms with Crippen LogP contribution < -0.4 is 16.8 Å². The molecule has 0 aliphatic rings. The number of hydrogen-bond donors (Lipinski definition) is 8. The Kier molecular flexibility index (Phi) is 10.4. The molecule has 1 amide bonds. The number of carboxylic acid groups (broad SMARTS) is 2. The van der Waals surface area contributed by atoms with E-state index in [9.17, 15) is 24.6 Å². The molecule has 0 aliphatic carbocycles. The Balaban J connectivity index is 0.000000297. The highest BCUT2D eigenvalue weighted by atomic mass is 16.4. The van der Waals surface area contributed by atoms with Crippen LogP contribution in [-0.2, 0) is 33.6 Å². The number of phenols is 2. The topological polar surface area (TPSA) is 225 Å². The lowest BCUT2D eigenvalue weighted by atomic mass is 10.0. The summed E-state index contributed by atoms with van der Waals surface area (Å²) in [5, 5.41) is 38.4. The molecule has 36 heavy (non-hydrogen) atoms. The highest BCUT2D eigenvalue weighted by Crippen LogP contribution is 2.12. The zero-order chi connectivity index (χ0) is 26.7. The summed E-state index contributed by atoms with van der Waals surface area (Å²) in [6.45, 7) is 0. The maximum atomic E-state index is 12.1. The summed E-state index contributed by atoms with van der Waals surface area (Å²) in [6.07, 6.45) is 3.63. The van der Waals surface area contributed by atoms with Crippen molar-refractivity contribution in [3.05, 3.63) is 77.9 Å². The largest absolute Gasteiger partial charge is 0.508 e. The van der Waals surface area contributed by atoms with E-state index in [1.54, 1.807) is 30.5 Å². The van der Waals surface area contributed by atoms with Gasteiger partial charge in [0.05, 0.1) is 12.4 Å². The number of rotatable bonds is 10. The van der Waals surface area contributed by atoms with E-state index < -0.39 is 36.0 Å². The number of nitrogens with one attached hydrogen (secondary N) is 2. The van der Waals surface area contributed by atoms with Gasteiger partial charge in [-0.15, -0.1) is 0 Å². The Bertz CT molecular complexity index is 1120. The molecule has 12 heteroatoms. The molecule has 1 aromatic heterocycles. The molecule has 0 fully saturated rings. The van der Waals surface area contributed by atoms with Crippen LogP contribution >= 0.6 is 0 Å². The van der Waals surface area contributed by atoms with Gasteiger partial charge in [0, 0.05) is 24.7 Å². The number of amides is 1. The Hall–Kier alpha value is -4.42. The monoisotopic (exact) mass is 499 g/mol. The van der Waals surface area contributed by atoms with Crippen molar-refractivity contribution in [1.29, 1.82) is 0 Å². The zero-order valence-electron chi connectivity index (χ0n) is 19.2. The van der Waals surface area contributed by atoms with Gasteiger partial charge in [-0.05, 0) is 41.8 Å². The molecule has 0 spiro atoms. The quantitative estimate of drug-likeness (QED) is 0.188. The molecule has 3 aromatic rings. The van der Waals surface area contributed by atoms with Crippen LogP contribution in [0, 0.1) is 0 Å². The molecule has 0 unspecified atom stereocenters. The van der Waals surface area contributed by atoms with Crippen molar-refractivity contribution in [3.8, 4) is 11.5 Å². The molecule has 10 N–H and O–H groups in total. The predicted molar refractivity (Wildman–Crippen MR) is 129 cm³/mol. The molecule has 1 heterocycles. The van der Waals surface area contributed by atoms with E-state index in [1.807, 2.05) is 0 Å². The standard InChI is InChI=1S/C15H18N4O4.C9H11NO3/c16-12(6-10-7-17-8-18-10)14(21)19-13(15(22)23)5-9-1-3-11(20)4-2-9;10-8(9(12)13)5-6-1-3-7(11)4-2-6/h1-4,7-8,12-13,20H,5-6,16H2,(H,17,18)(H,19,21)(H,22,23);1-4,8,11H,5,10H2,(H,12,13)/t12-,13-;8-/m00/s1. The molecule has 0 bridgehead atoms. The first-order valence-corrected chi connectivity index (χ1v) is 10.9. The van der Waals surface area contributed by atoms with Gasteiger partial charge in [0.2, 0.25) is 5.91 Å². The molecule has 12 nitrogen and oxygen atoms in total. The van der Waals surface area contributed by atoms with Crippen molar-refractivity contribution < 1.29 is 34.8 Å². The lowest BCUT2D eigenvalue weighted by molar-refractivity contribution is -0.142. The number of carbonyl (C=O) groups excluding carboxylic acids is 1. The fourth-order valence-electron chi connectivity index (χ4n) is 3.05. The number of aliphatic carboxylic acids is 2. The number of carboxylic acids is 2. The number of aromatic hydroxyl groups is 2. The molecule has 0 saturated carbocycles. The van der Waals surface area contributed by atoms with Gasteiger partial charge in [0.15, 0.2) is 0 Å². The van der Waals surface area contributed by atoms with E-state index in [2.05, 4.69) is 15.3 Å². The Morgan fingerprint density at radius 1 is 0.806 bits per heavy atom. The predicted octanol–water partition coefficient (Wildman–Crippen LogP) is 0.144. The number of H-pyrrole nitrogens is 1. The Morgan fingerprint density at radius 2 is 1.33 bits per heavy atom. The normalized spacial score (nSPS) is 12.9. The molecule has 0 saturated heterocycles. The van der Waals surface area contributed by atoms with Crippen molar-refractivity contribution in [2.24, 2.45) is 11.5 Å². The third kappa shape index (κ3) is 9.44. The van der Waals surface area contributed by atoms with E-state index >= 15 is 0 Å². The van der Waals surface area contributed by atoms with Crippen LogP contribution in [0.25, 0.3) is 0 Å². The van der Waals surface area contributed by atoms with Crippen molar-refractivity contribution in [2.45, 2.75) is 37.4 Å². The third-order valence-corrected chi connectivity index (χ3v) is 5.03. The first kappa shape index (κ1) is 27.8. The maximum absolute atomic E-state index is 12.1. The Labute approximate surface area is 206 Å². The summed E-state index contributed by atoms with van der Waals surface area (Å²) in [4.78, 5) is 40.4. The van der Waals surface area contributed by atoms with E-state index in [-0.39, 0.29) is 30.8 Å². The lowest BCUT2D eigenvalue weighted by Gasteiger charge is -2.17. The summed E-state index contributed by atoms with van der Waals surface area (Å²) in [5.74, 6) is -2.47. The minimum absolute atomic E-state index is 0.0891. The average Bonchev–Trinajstić information content (AvgIpc) is 3.34. The van der Waals surface area contributed by atoms with Gasteiger partial charge in [-0.2, -0.15) is 0 Å². The summed E-state index contributed by atoms with van der Waals surface area (Å²) in [6, 6.07) is 9.56. The van der Waals surface area contributed by atoms with Gasteiger partial charge in [0.25, 0.3) is 0 Å². The molecular formula is C24H29N5O7. The SMILES string of the molecule is N[C@@H](Cc1ccc(O)cc1)C(=O)O.N[C@@H](Cc1cnc[nH]1)C(=O)N[C@@H](Cc1ccc(O)cc1)C(=O)O. The number of phenolic OH excluding ortho intramolecular Hbond substituents is 2. The van der Waals surface area contributed by atoms with E-state index in [0.717, 1.165) is 5.56 Å². The third-order valence-electron chi connectivity index (χ3n) is 5.03. The van der Waals surface area contributed by atoms with Gasteiger partial charge in [-0.1, -0.05) is 24.3 Å². The van der Waals surface area contributed by atoms with Crippen LogP contribution in [0.1, 0.15) is 16.8 Å². The average molecular weight is 500 g/mol. The van der Waals surface area contributed by atoms with Gasteiger partial charge in [-0.25, -0.2) is 9.78 Å². The highest BCUT2D eigenvalue weighted by Gasteiger charge is 2.24. The molecule has 3 atom stereocenters. The summed E-state index contributed by atoms with van der Waals surface area (Å²) >= 11 is 0. The van der Waals surface area contributed by atoms with Crippen LogP contribution in [0.3, 0.4) is 0 Å². The van der Waals surface area contributed by atoms with Crippen molar-refractivity contribution in [2.75, 3.05) is 0 Å². The molecule has 0 aliphatic heterocycles. The molecule has 0 radical (unpaired) electrons. The van der Waals surface area contributed by atoms with Crippen molar-refractivity contribution in [3.63, 3.8) is 0 Å². The number of aromatic amines is 1. The van der Waals surface area contributed by atoms with Crippen LogP contribution in [0.2, 0.25) is 0 Å². The highest BCUT2D eigenvalue weighted by molar-refractivity contribution is 5.87. The van der Waals surface area contributed by atoms with Crippen LogP contribution in [0.4, 0.5) is 0 Å². The number of benzene rings is 2. The second-order valence-corrected chi connectivity index (χ2v) is 7.97. The molecular weight excluding hydrogens is 470 g/mol. The maximum Gasteiger partial charge on any atom is 0.326 e. The summed E-state index contributed by atoms with van der Waals surface area (Å²) in [7, 11) is 0. The Morgan fingerprint density at radius 3 is 1.78 bits per heavy atom. The zero-order valence-corrected chi connectivity index (χ0v) is 19.2. The summed E-state index contributed by atoms with van der Waals surface area (Å²) < 4.78 is 0. The number of carbonyl (C=O) groups is 3. The van der Waals surface area contributed by atoms with Gasteiger partial charge in [-0.3, -0.25) is 9.59 Å². The number of imidazole rings is 1. The lowest BCUT2D eigenvalue weighted by Crippen LogP contribution is -2.50. The smallest absolute Gasteiger partial charge is 0.326 e. The number of aromatic nitrogens is 2. The second kappa shape index (κ2) is 13.5. The first-order valence-electron chi connectivity index (χ1n) is 10.9. The van der Waals surface area contributed by atoms with E-state index in [0.29, 0.717) is 11.3 Å². The fourth-order valence-corrected chi connectivity index (χ4v) is 3.05. The van der Waals surface area contributed by atoms with E-state index in [4.69, 9.17) is 21.7 Å². The minimum Gasteiger partial charge on any atom is -0.508 e. The second-order valence-electron chi connectivity index (χ2n) is 7.97. The molecule has 192 valence electrons. The number of nitrogens with zero attached hydrogens (tertiary/aromatic N) is 1. The van der Waals surface area contributed by atoms with Gasteiger partial charge in [0.1, 0.15) is 23.6 Å². The first-order chi connectivity index (χ1) is 17.0. The van der Waals surface area contributed by atoms with E-state index in [1.165, 1.54) is 30.6 Å². The number of hydrogen-bond acceptors (Lipinski definition) is 8. The molecule has 2 aromatic carbocycles. The van der Waals surface area contributed by atoms with Crippen molar-refractivity contribution in [1.82, 2.24) is 15.3 Å². The van der Waals surface area contributed by atoms with Gasteiger partial charge < -0.3 is 42.2 Å². The van der Waals surface area contributed by atoms with Crippen LogP contribution in [0.5, 0.6) is 11.5 Å². The van der Waals surface area contributed by atoms with Gasteiger partial charge >= 0.3 is 11.9 Å². The summed E-state index contributed by atoms with van der Waals surface area (Å²) in [5.41, 5.74) is 13.3. The van der Waals surface area contributed by atoms with Crippen molar-refractivity contribution >= 4 is 17.8 Å². The van der Waals surface area contributed by atoms with Crippen LogP contribution in [0.15, 0.2) is 61.1 Å². The van der Waals surface area contributed by atoms with Crippen LogP contribution in [-0.4, -0.2) is 66.4 Å². The number of nitrogens with two attached hydrogens (primary N) is 2. The fraction of sp³-hybridized carbons (Fsp3) is 0.250. The molecule has 3 rings (SSSR count). The minimum atomic E-state index is -1.15.